The maximum Gasteiger partial charge on any atom is 0.161 e. The Kier molecular flexibility index (Phi) is 2.78. The number of ketones is 1. The van der Waals surface area contributed by atoms with Crippen LogP contribution in [0.3, 0.4) is 0 Å². The number of methoxy groups -OCH3 is 1. The molecule has 1 saturated carbocycles. The Balaban J connectivity index is 2.21. The monoisotopic (exact) mass is 262 g/mol. The van der Waals surface area contributed by atoms with Gasteiger partial charge < -0.3 is 14.9 Å². The summed E-state index contributed by atoms with van der Waals surface area (Å²) in [6.07, 6.45) is 1.000. The van der Waals surface area contributed by atoms with Crippen LogP contribution in [0.1, 0.15) is 35.4 Å². The number of rotatable bonds is 1. The number of aliphatic hydroxyl groups is 1. The average Bonchev–Trinajstić information content (AvgIpc) is 2.76. The fraction of sp³-hybridized carbons (Fsp3) is 0.533. The number of fused-ring (bicyclic) bond motifs is 3. The third kappa shape index (κ3) is 1.66. The topological polar surface area (TPSA) is 66.8 Å². The summed E-state index contributed by atoms with van der Waals surface area (Å²) in [4.78, 5) is 11.9. The van der Waals surface area contributed by atoms with Crippen LogP contribution in [0.4, 0.5) is 0 Å². The molecule has 0 heterocycles. The molecule has 4 heteroatoms. The van der Waals surface area contributed by atoms with Crippen molar-refractivity contribution in [3.63, 3.8) is 0 Å². The van der Waals surface area contributed by atoms with E-state index in [1.165, 1.54) is 7.11 Å². The number of Topliss-reactive ketones (excluding diaryl/α,β-unsaturated/α-hetero) is 1. The number of benzene rings is 1. The molecule has 0 unspecified atom stereocenters. The largest absolute Gasteiger partial charge is 0.504 e. The molecule has 0 aromatic heterocycles. The maximum absolute atomic E-state index is 11.9. The van der Waals surface area contributed by atoms with Crippen LogP contribution in [-0.4, -0.2) is 29.2 Å². The Hall–Kier alpha value is -1.55. The molecule has 1 aromatic carbocycles. The Labute approximate surface area is 112 Å². The smallest absolute Gasteiger partial charge is 0.161 e. The molecule has 2 aliphatic rings. The van der Waals surface area contributed by atoms with E-state index in [0.717, 1.165) is 16.7 Å². The van der Waals surface area contributed by atoms with Gasteiger partial charge in [-0.2, -0.15) is 0 Å². The van der Waals surface area contributed by atoms with Crippen LogP contribution in [0.5, 0.6) is 11.5 Å². The molecule has 2 aliphatic carbocycles. The molecule has 3 rings (SSSR count). The Morgan fingerprint density at radius 1 is 1.42 bits per heavy atom. The number of carbonyl (C=O) groups is 1. The SMILES string of the molecule is COc1cc(C)c2c(c1O)[C@@H]1CCC(=O)[C@@H]1[C@H](O)C2. The lowest BCUT2D eigenvalue weighted by atomic mass is 9.73. The Bertz CT molecular complexity index is 550. The minimum atomic E-state index is -0.626. The first kappa shape index (κ1) is 12.5. The molecule has 4 nitrogen and oxygen atoms in total. The van der Waals surface area contributed by atoms with Gasteiger partial charge in [0.25, 0.3) is 0 Å². The first-order valence-electron chi connectivity index (χ1n) is 6.64. The number of phenolic OH excluding ortho intramolecular Hbond substituents is 1. The third-order valence-corrected chi connectivity index (χ3v) is 4.56. The number of hydrogen-bond acceptors (Lipinski definition) is 4. The molecule has 0 spiro atoms. The molecular weight excluding hydrogens is 244 g/mol. The van der Waals surface area contributed by atoms with Crippen LogP contribution < -0.4 is 4.74 Å². The van der Waals surface area contributed by atoms with E-state index in [9.17, 15) is 15.0 Å². The second-order valence-corrected chi connectivity index (χ2v) is 5.55. The van der Waals surface area contributed by atoms with Crippen molar-refractivity contribution in [1.29, 1.82) is 0 Å². The van der Waals surface area contributed by atoms with Crippen LogP contribution in [0.2, 0.25) is 0 Å². The van der Waals surface area contributed by atoms with Gasteiger partial charge in [-0.25, -0.2) is 0 Å². The minimum absolute atomic E-state index is 0.0694. The lowest BCUT2D eigenvalue weighted by Gasteiger charge is -2.33. The van der Waals surface area contributed by atoms with Crippen molar-refractivity contribution in [3.8, 4) is 11.5 Å². The van der Waals surface area contributed by atoms with Gasteiger partial charge in [0.15, 0.2) is 11.5 Å². The summed E-state index contributed by atoms with van der Waals surface area (Å²) in [7, 11) is 1.52. The summed E-state index contributed by atoms with van der Waals surface area (Å²) in [6, 6.07) is 1.79. The standard InChI is InChI=1S/C15H18O4/c1-7-5-12(19-2)15(18)13-8-3-4-10(16)14(8)11(17)6-9(7)13/h5,8,11,14,17-18H,3-4,6H2,1-2H3/t8-,11+,14+/m0/s1. The van der Waals surface area contributed by atoms with E-state index in [1.807, 2.05) is 6.92 Å². The van der Waals surface area contributed by atoms with E-state index in [1.54, 1.807) is 6.07 Å². The minimum Gasteiger partial charge on any atom is -0.504 e. The lowest BCUT2D eigenvalue weighted by Crippen LogP contribution is -2.35. The summed E-state index contributed by atoms with van der Waals surface area (Å²) in [5.41, 5.74) is 2.79. The predicted molar refractivity (Wildman–Crippen MR) is 69.6 cm³/mol. The summed E-state index contributed by atoms with van der Waals surface area (Å²) in [6.45, 7) is 1.95. The van der Waals surface area contributed by atoms with Gasteiger partial charge in [-0.3, -0.25) is 4.79 Å². The summed E-state index contributed by atoms with van der Waals surface area (Å²) < 4.78 is 5.20. The third-order valence-electron chi connectivity index (χ3n) is 4.56. The van der Waals surface area contributed by atoms with Gasteiger partial charge in [-0.05, 0) is 37.0 Å². The molecule has 0 saturated heterocycles. The van der Waals surface area contributed by atoms with Crippen LogP contribution in [0, 0.1) is 12.8 Å². The molecule has 2 N–H and O–H groups in total. The van der Waals surface area contributed by atoms with E-state index in [2.05, 4.69) is 0 Å². The quantitative estimate of drug-likeness (QED) is 0.808. The van der Waals surface area contributed by atoms with Gasteiger partial charge in [-0.15, -0.1) is 0 Å². The molecular formula is C15H18O4. The fourth-order valence-electron chi connectivity index (χ4n) is 3.68. The van der Waals surface area contributed by atoms with E-state index >= 15 is 0 Å². The van der Waals surface area contributed by atoms with Crippen molar-refractivity contribution in [2.24, 2.45) is 5.92 Å². The highest BCUT2D eigenvalue weighted by molar-refractivity contribution is 5.86. The zero-order valence-electron chi connectivity index (χ0n) is 11.1. The summed E-state index contributed by atoms with van der Waals surface area (Å²) in [5, 5.41) is 20.6. The molecule has 0 aliphatic heterocycles. The molecule has 3 atom stereocenters. The molecule has 102 valence electrons. The molecule has 0 bridgehead atoms. The van der Waals surface area contributed by atoms with Gasteiger partial charge in [-0.1, -0.05) is 0 Å². The number of ether oxygens (including phenoxy) is 1. The van der Waals surface area contributed by atoms with Crippen LogP contribution >= 0.6 is 0 Å². The number of aliphatic hydroxyl groups excluding tert-OH is 1. The highest BCUT2D eigenvalue weighted by Crippen LogP contribution is 2.51. The average molecular weight is 262 g/mol. The van der Waals surface area contributed by atoms with Crippen molar-refractivity contribution < 1.29 is 19.7 Å². The number of phenols is 1. The zero-order chi connectivity index (χ0) is 13.7. The van der Waals surface area contributed by atoms with Crippen molar-refractivity contribution in [3.05, 3.63) is 22.8 Å². The maximum atomic E-state index is 11.9. The van der Waals surface area contributed by atoms with Crippen LogP contribution in [0.15, 0.2) is 6.07 Å². The number of carbonyl (C=O) groups excluding carboxylic acids is 1. The first-order chi connectivity index (χ1) is 9.04. The number of aryl methyl sites for hydroxylation is 1. The number of hydrogen-bond donors (Lipinski definition) is 2. The molecule has 0 radical (unpaired) electrons. The van der Waals surface area contributed by atoms with E-state index < -0.39 is 6.10 Å². The Morgan fingerprint density at radius 3 is 2.84 bits per heavy atom. The van der Waals surface area contributed by atoms with Gasteiger partial charge in [0.05, 0.1) is 19.1 Å². The fourth-order valence-corrected chi connectivity index (χ4v) is 3.68. The van der Waals surface area contributed by atoms with Crippen molar-refractivity contribution >= 4 is 5.78 Å². The van der Waals surface area contributed by atoms with Crippen LogP contribution in [0.25, 0.3) is 0 Å². The first-order valence-corrected chi connectivity index (χ1v) is 6.64. The summed E-state index contributed by atoms with van der Waals surface area (Å²) >= 11 is 0. The van der Waals surface area contributed by atoms with Crippen molar-refractivity contribution in [1.82, 2.24) is 0 Å². The predicted octanol–water partition coefficient (Wildman–Crippen LogP) is 1.69. The highest BCUT2D eigenvalue weighted by atomic mass is 16.5. The molecule has 19 heavy (non-hydrogen) atoms. The second kappa shape index (κ2) is 4.23. The molecule has 0 amide bonds. The summed E-state index contributed by atoms with van der Waals surface area (Å²) in [5.74, 6) is 0.276. The van der Waals surface area contributed by atoms with Crippen LogP contribution in [-0.2, 0) is 11.2 Å². The van der Waals surface area contributed by atoms with Crippen molar-refractivity contribution in [2.45, 2.75) is 38.2 Å². The normalized spacial score (nSPS) is 29.0. The van der Waals surface area contributed by atoms with E-state index in [0.29, 0.717) is 25.0 Å². The lowest BCUT2D eigenvalue weighted by molar-refractivity contribution is -0.124. The van der Waals surface area contributed by atoms with Crippen molar-refractivity contribution in [2.75, 3.05) is 7.11 Å². The van der Waals surface area contributed by atoms with E-state index in [-0.39, 0.29) is 23.4 Å². The van der Waals surface area contributed by atoms with Gasteiger partial charge in [0.1, 0.15) is 5.78 Å². The Morgan fingerprint density at radius 2 is 2.16 bits per heavy atom. The molecule has 1 aromatic rings. The van der Waals surface area contributed by atoms with Gasteiger partial charge in [0, 0.05) is 17.9 Å². The van der Waals surface area contributed by atoms with Gasteiger partial charge >= 0.3 is 0 Å². The zero-order valence-corrected chi connectivity index (χ0v) is 11.1. The number of aromatic hydroxyl groups is 1. The molecule has 1 fully saturated rings. The van der Waals surface area contributed by atoms with Gasteiger partial charge in [0.2, 0.25) is 0 Å². The highest BCUT2D eigenvalue weighted by Gasteiger charge is 2.46. The van der Waals surface area contributed by atoms with E-state index in [4.69, 9.17) is 4.74 Å². The second-order valence-electron chi connectivity index (χ2n) is 5.55.